The summed E-state index contributed by atoms with van der Waals surface area (Å²) in [4.78, 5) is 10.2. The van der Waals surface area contributed by atoms with E-state index in [9.17, 15) is 0 Å². The van der Waals surface area contributed by atoms with Crippen molar-refractivity contribution in [1.29, 1.82) is 0 Å². The van der Waals surface area contributed by atoms with Crippen molar-refractivity contribution in [2.24, 2.45) is 0 Å². The van der Waals surface area contributed by atoms with Crippen molar-refractivity contribution in [1.82, 2.24) is 15.3 Å². The maximum absolute atomic E-state index is 5.00. The van der Waals surface area contributed by atoms with E-state index < -0.39 is 0 Å². The number of nitrogens with one attached hydrogen (secondary N) is 1. The lowest BCUT2D eigenvalue weighted by Gasteiger charge is -2.06. The van der Waals surface area contributed by atoms with Crippen LogP contribution in [0.2, 0.25) is 0 Å². The minimum atomic E-state index is 0.709. The van der Waals surface area contributed by atoms with Gasteiger partial charge < -0.3 is 10.1 Å². The lowest BCUT2D eigenvalue weighted by molar-refractivity contribution is 0.199. The van der Waals surface area contributed by atoms with E-state index in [2.05, 4.69) is 46.5 Å². The molecule has 1 N–H and O–H groups in total. The van der Waals surface area contributed by atoms with Crippen molar-refractivity contribution >= 4 is 11.8 Å². The molecule has 0 saturated carbocycles. The predicted molar refractivity (Wildman–Crippen MR) is 86.4 cm³/mol. The van der Waals surface area contributed by atoms with E-state index in [4.69, 9.17) is 4.74 Å². The van der Waals surface area contributed by atoms with Gasteiger partial charge in [-0.2, -0.15) is 0 Å². The summed E-state index contributed by atoms with van der Waals surface area (Å²) in [5, 5.41) is 3.29. The quantitative estimate of drug-likeness (QED) is 0.600. The molecule has 0 radical (unpaired) electrons. The molecule has 4 nitrogen and oxygen atoms in total. The molecule has 0 aliphatic carbocycles. The molecule has 0 amide bonds. The second-order valence-electron chi connectivity index (χ2n) is 4.74. The van der Waals surface area contributed by atoms with Crippen LogP contribution in [0.15, 0.2) is 41.4 Å². The third kappa shape index (κ3) is 5.83. The monoisotopic (exact) mass is 303 g/mol. The minimum Gasteiger partial charge on any atom is -0.383 e. The number of methoxy groups -OCH3 is 1. The standard InChI is InChI=1S/C16H21N3OS/c1-13-4-3-5-15(10-13)21-12-16-18-7-6-14(19-16)11-17-8-9-20-2/h3-7,10,17H,8-9,11-12H2,1-2H3. The second kappa shape index (κ2) is 8.77. The molecule has 1 heterocycles. The van der Waals surface area contributed by atoms with Crippen LogP contribution in [0, 0.1) is 6.92 Å². The maximum Gasteiger partial charge on any atom is 0.138 e. The molecule has 0 atom stereocenters. The zero-order valence-electron chi connectivity index (χ0n) is 12.5. The molecule has 2 rings (SSSR count). The van der Waals surface area contributed by atoms with Gasteiger partial charge in [-0.05, 0) is 25.1 Å². The highest BCUT2D eigenvalue weighted by Gasteiger charge is 2.01. The van der Waals surface area contributed by atoms with Crippen LogP contribution in [-0.2, 0) is 17.0 Å². The van der Waals surface area contributed by atoms with Crippen LogP contribution in [0.4, 0.5) is 0 Å². The van der Waals surface area contributed by atoms with Crippen LogP contribution in [0.1, 0.15) is 17.1 Å². The Labute approximate surface area is 130 Å². The molecule has 5 heteroatoms. The third-order valence-electron chi connectivity index (χ3n) is 2.91. The van der Waals surface area contributed by atoms with Gasteiger partial charge in [-0.25, -0.2) is 9.97 Å². The van der Waals surface area contributed by atoms with E-state index in [-0.39, 0.29) is 0 Å². The van der Waals surface area contributed by atoms with E-state index in [1.165, 1.54) is 10.5 Å². The predicted octanol–water partition coefficient (Wildman–Crippen LogP) is 2.81. The Balaban J connectivity index is 1.86. The van der Waals surface area contributed by atoms with Crippen LogP contribution in [0.5, 0.6) is 0 Å². The van der Waals surface area contributed by atoms with Gasteiger partial charge in [-0.3, -0.25) is 0 Å². The van der Waals surface area contributed by atoms with Crippen LogP contribution in [0.3, 0.4) is 0 Å². The average molecular weight is 303 g/mol. The molecule has 2 aromatic rings. The summed E-state index contributed by atoms with van der Waals surface area (Å²) >= 11 is 1.76. The molecule has 0 saturated heterocycles. The largest absolute Gasteiger partial charge is 0.383 e. The van der Waals surface area contributed by atoms with Crippen molar-refractivity contribution in [3.8, 4) is 0 Å². The molecule has 0 aliphatic rings. The maximum atomic E-state index is 5.00. The molecular weight excluding hydrogens is 282 g/mol. The van der Waals surface area contributed by atoms with Gasteiger partial charge in [0.2, 0.25) is 0 Å². The number of hydrogen-bond donors (Lipinski definition) is 1. The van der Waals surface area contributed by atoms with Gasteiger partial charge in [-0.1, -0.05) is 17.7 Å². The molecule has 0 fully saturated rings. The van der Waals surface area contributed by atoms with Gasteiger partial charge in [0.1, 0.15) is 5.82 Å². The summed E-state index contributed by atoms with van der Waals surface area (Å²) in [6.45, 7) is 4.38. The normalized spacial score (nSPS) is 10.8. The number of rotatable bonds is 8. The Morgan fingerprint density at radius 3 is 3.00 bits per heavy atom. The van der Waals surface area contributed by atoms with Crippen molar-refractivity contribution in [2.75, 3.05) is 20.3 Å². The van der Waals surface area contributed by atoms with E-state index in [0.717, 1.165) is 30.4 Å². The third-order valence-corrected chi connectivity index (χ3v) is 3.90. The Bertz CT molecular complexity index is 563. The number of benzene rings is 1. The molecule has 21 heavy (non-hydrogen) atoms. The fourth-order valence-corrected chi connectivity index (χ4v) is 2.73. The number of thioether (sulfide) groups is 1. The first-order valence-corrected chi connectivity index (χ1v) is 7.96. The minimum absolute atomic E-state index is 0.709. The highest BCUT2D eigenvalue weighted by Crippen LogP contribution is 2.21. The number of ether oxygens (including phenoxy) is 1. The van der Waals surface area contributed by atoms with Crippen LogP contribution in [-0.4, -0.2) is 30.2 Å². The Hall–Kier alpha value is -1.43. The summed E-state index contributed by atoms with van der Waals surface area (Å²) in [5.74, 6) is 1.66. The Kier molecular flexibility index (Phi) is 6.66. The number of aryl methyl sites for hydroxylation is 1. The average Bonchev–Trinajstić information content (AvgIpc) is 2.50. The fraction of sp³-hybridized carbons (Fsp3) is 0.375. The summed E-state index contributed by atoms with van der Waals surface area (Å²) < 4.78 is 5.00. The Morgan fingerprint density at radius 2 is 2.19 bits per heavy atom. The van der Waals surface area contributed by atoms with Crippen LogP contribution in [0.25, 0.3) is 0 Å². The van der Waals surface area contributed by atoms with Gasteiger partial charge in [0.15, 0.2) is 0 Å². The smallest absolute Gasteiger partial charge is 0.138 e. The summed E-state index contributed by atoms with van der Waals surface area (Å²) in [7, 11) is 1.70. The van der Waals surface area contributed by atoms with Crippen LogP contribution >= 0.6 is 11.8 Å². The summed E-state index contributed by atoms with van der Waals surface area (Å²) in [6, 6.07) is 10.4. The van der Waals surface area contributed by atoms with Gasteiger partial charge in [-0.15, -0.1) is 11.8 Å². The zero-order chi connectivity index (χ0) is 14.9. The molecule has 1 aromatic carbocycles. The number of aromatic nitrogens is 2. The van der Waals surface area contributed by atoms with Gasteiger partial charge >= 0.3 is 0 Å². The first-order chi connectivity index (χ1) is 10.3. The highest BCUT2D eigenvalue weighted by atomic mass is 32.2. The summed E-state index contributed by atoms with van der Waals surface area (Å²) in [6.07, 6.45) is 1.83. The first-order valence-electron chi connectivity index (χ1n) is 6.98. The first kappa shape index (κ1) is 15.9. The van der Waals surface area contributed by atoms with E-state index >= 15 is 0 Å². The Morgan fingerprint density at radius 1 is 1.29 bits per heavy atom. The van der Waals surface area contributed by atoms with Gasteiger partial charge in [0.05, 0.1) is 18.1 Å². The molecule has 1 aromatic heterocycles. The number of hydrogen-bond acceptors (Lipinski definition) is 5. The molecule has 0 spiro atoms. The van der Waals surface area contributed by atoms with E-state index in [0.29, 0.717) is 6.61 Å². The lowest BCUT2D eigenvalue weighted by atomic mass is 10.2. The van der Waals surface area contributed by atoms with E-state index in [1.807, 2.05) is 12.3 Å². The van der Waals surface area contributed by atoms with Crippen molar-refractivity contribution < 1.29 is 4.74 Å². The van der Waals surface area contributed by atoms with E-state index in [1.54, 1.807) is 18.9 Å². The zero-order valence-corrected chi connectivity index (χ0v) is 13.3. The highest BCUT2D eigenvalue weighted by molar-refractivity contribution is 7.98. The SMILES string of the molecule is COCCNCc1ccnc(CSc2cccc(C)c2)n1. The van der Waals surface area contributed by atoms with Gasteiger partial charge in [0.25, 0.3) is 0 Å². The molecule has 0 bridgehead atoms. The fourth-order valence-electron chi connectivity index (χ4n) is 1.85. The van der Waals surface area contributed by atoms with Crippen molar-refractivity contribution in [2.45, 2.75) is 24.1 Å². The molecule has 112 valence electrons. The molecule has 0 aliphatic heterocycles. The second-order valence-corrected chi connectivity index (χ2v) is 5.79. The van der Waals surface area contributed by atoms with Crippen molar-refractivity contribution in [3.05, 3.63) is 53.6 Å². The summed E-state index contributed by atoms with van der Waals surface area (Å²) in [5.41, 5.74) is 2.29. The molecule has 0 unspecified atom stereocenters. The number of nitrogens with zero attached hydrogens (tertiary/aromatic N) is 2. The molecular formula is C16H21N3OS. The lowest BCUT2D eigenvalue weighted by Crippen LogP contribution is -2.19. The van der Waals surface area contributed by atoms with Crippen molar-refractivity contribution in [3.63, 3.8) is 0 Å². The topological polar surface area (TPSA) is 47.0 Å². The van der Waals surface area contributed by atoms with Gasteiger partial charge in [0, 0.05) is 31.3 Å². The van der Waals surface area contributed by atoms with Crippen LogP contribution < -0.4 is 5.32 Å².